The highest BCUT2D eigenvalue weighted by Crippen LogP contribution is 2.42. The molecule has 7 N–H and O–H groups in total. The molecule has 39 heavy (non-hydrogen) atoms. The Kier molecular flexibility index (Phi) is 8.19. The van der Waals surface area contributed by atoms with Crippen LogP contribution in [0.4, 0.5) is 5.69 Å². The van der Waals surface area contributed by atoms with Gasteiger partial charge < -0.3 is 35.4 Å². The number of H-pyrrole nitrogens is 2. The zero-order chi connectivity index (χ0) is 27.9. The monoisotopic (exact) mass is 535 g/mol. The molecule has 2 aromatic carbocycles. The van der Waals surface area contributed by atoms with Gasteiger partial charge in [0.1, 0.15) is 17.7 Å². The lowest BCUT2D eigenvalue weighted by atomic mass is 10.0. The smallest absolute Gasteiger partial charge is 0.349 e. The van der Waals surface area contributed by atoms with Crippen LogP contribution in [0.1, 0.15) is 36.3 Å². The molecule has 1 aliphatic heterocycles. The van der Waals surface area contributed by atoms with Crippen molar-refractivity contribution in [2.24, 2.45) is 5.73 Å². The molecule has 13 heteroatoms. The topological polar surface area (TPSA) is 193 Å². The Morgan fingerprint density at radius 2 is 1.95 bits per heavy atom. The normalized spacial score (nSPS) is 12.9. The van der Waals surface area contributed by atoms with Gasteiger partial charge in [-0.05, 0) is 54.1 Å². The van der Waals surface area contributed by atoms with Gasteiger partial charge in [0, 0.05) is 30.8 Å². The van der Waals surface area contributed by atoms with Crippen LogP contribution in [0, 0.1) is 5.41 Å². The second kappa shape index (κ2) is 11.9. The van der Waals surface area contributed by atoms with Crippen molar-refractivity contribution < 1.29 is 24.1 Å². The first-order valence-electron chi connectivity index (χ1n) is 12.0. The van der Waals surface area contributed by atoms with Crippen molar-refractivity contribution in [3.8, 4) is 23.1 Å². The fourth-order valence-corrected chi connectivity index (χ4v) is 3.89. The minimum atomic E-state index is -0.833. The Morgan fingerprint density at radius 3 is 2.59 bits per heavy atom. The van der Waals surface area contributed by atoms with Gasteiger partial charge >= 0.3 is 5.69 Å². The molecule has 4 aromatic rings. The summed E-state index contributed by atoms with van der Waals surface area (Å²) in [7, 11) is 1.57. The molecule has 2 aromatic heterocycles. The van der Waals surface area contributed by atoms with Gasteiger partial charge in [0.2, 0.25) is 5.75 Å². The van der Waals surface area contributed by atoms with Crippen LogP contribution in [0.3, 0.4) is 0 Å². The molecular formula is C26H29N7O6. The maximum absolute atomic E-state index is 12.7. The van der Waals surface area contributed by atoms with E-state index in [4.69, 9.17) is 35.3 Å². The van der Waals surface area contributed by atoms with Crippen molar-refractivity contribution in [3.63, 3.8) is 0 Å². The number of aromatic amines is 2. The van der Waals surface area contributed by atoms with E-state index in [0.717, 1.165) is 24.6 Å². The van der Waals surface area contributed by atoms with Crippen LogP contribution in [0.15, 0.2) is 59.5 Å². The van der Waals surface area contributed by atoms with Gasteiger partial charge in [-0.2, -0.15) is 4.68 Å². The van der Waals surface area contributed by atoms with Crippen molar-refractivity contribution >= 4 is 17.5 Å². The maximum atomic E-state index is 12.7. The van der Waals surface area contributed by atoms with E-state index in [0.29, 0.717) is 47.7 Å². The van der Waals surface area contributed by atoms with E-state index < -0.39 is 12.0 Å². The van der Waals surface area contributed by atoms with Crippen LogP contribution in [0.2, 0.25) is 0 Å². The number of hydrogen-bond donors (Lipinski definition) is 6. The number of carbonyl (C=O) groups is 1. The van der Waals surface area contributed by atoms with E-state index in [-0.39, 0.29) is 11.5 Å². The predicted octanol–water partition coefficient (Wildman–Crippen LogP) is 2.64. The highest BCUT2D eigenvalue weighted by atomic mass is 16.5. The summed E-state index contributed by atoms with van der Waals surface area (Å²) in [6, 6.07) is 13.8. The Balaban J connectivity index is 0.000000826. The van der Waals surface area contributed by atoms with Crippen molar-refractivity contribution in [3.05, 3.63) is 82.2 Å². The van der Waals surface area contributed by atoms with E-state index in [2.05, 4.69) is 20.4 Å². The number of carboxylic acids is 1. The molecule has 0 aliphatic carbocycles. The molecule has 0 radical (unpaired) electrons. The zero-order valence-electron chi connectivity index (χ0n) is 21.4. The molecule has 3 heterocycles. The molecule has 204 valence electrons. The molecule has 0 bridgehead atoms. The first kappa shape index (κ1) is 26.9. The van der Waals surface area contributed by atoms with E-state index in [9.17, 15) is 4.79 Å². The third-order valence-corrected chi connectivity index (χ3v) is 5.61. The number of nitrogens with two attached hydrogens (primary N) is 1. The minimum Gasteiger partial charge on any atom is -0.493 e. The number of carboxylic acid groups (broad SMARTS) is 1. The molecule has 1 atom stereocenters. The van der Waals surface area contributed by atoms with Crippen LogP contribution in [0.5, 0.6) is 17.2 Å². The summed E-state index contributed by atoms with van der Waals surface area (Å²) < 4.78 is 18.6. The number of hydrogen-bond acceptors (Lipinski definition) is 8. The number of anilines is 1. The summed E-state index contributed by atoms with van der Waals surface area (Å²) in [5, 5.41) is 23.0. The van der Waals surface area contributed by atoms with Crippen LogP contribution in [0.25, 0.3) is 5.82 Å². The zero-order valence-corrected chi connectivity index (χ0v) is 21.4. The van der Waals surface area contributed by atoms with Crippen LogP contribution in [-0.4, -0.2) is 57.0 Å². The van der Waals surface area contributed by atoms with E-state index in [1.54, 1.807) is 37.6 Å². The Labute approximate surface area is 223 Å². The van der Waals surface area contributed by atoms with Gasteiger partial charge in [0.15, 0.2) is 17.3 Å². The highest BCUT2D eigenvalue weighted by molar-refractivity contribution is 5.95. The SMILES string of the molecule is CC(=O)O.COc1cc(C(Nc2ccc(C(=N)N)cc2)c2nn(-c3ccc[nH]3)c(=O)[nH]2)cc2c1OCCCO2. The quantitative estimate of drug-likeness (QED) is 0.152. The number of aliphatic carboxylic acids is 1. The number of aromatic nitrogens is 4. The van der Waals surface area contributed by atoms with Crippen molar-refractivity contribution in [1.29, 1.82) is 5.41 Å². The maximum Gasteiger partial charge on any atom is 0.349 e. The lowest BCUT2D eigenvalue weighted by Gasteiger charge is -2.21. The van der Waals surface area contributed by atoms with Gasteiger partial charge in [0.05, 0.1) is 20.3 Å². The number of nitrogens with zero attached hydrogens (tertiary/aromatic N) is 2. The summed E-state index contributed by atoms with van der Waals surface area (Å²) in [5.41, 5.74) is 7.29. The molecular weight excluding hydrogens is 506 g/mol. The molecule has 0 saturated carbocycles. The molecule has 0 spiro atoms. The molecule has 13 nitrogen and oxygen atoms in total. The lowest BCUT2D eigenvalue weighted by molar-refractivity contribution is -0.134. The van der Waals surface area contributed by atoms with Crippen LogP contribution in [-0.2, 0) is 4.79 Å². The number of ether oxygens (including phenoxy) is 3. The average molecular weight is 536 g/mol. The predicted molar refractivity (Wildman–Crippen MR) is 143 cm³/mol. The van der Waals surface area contributed by atoms with Gasteiger partial charge in [-0.3, -0.25) is 15.2 Å². The molecule has 0 saturated heterocycles. The Hall–Kier alpha value is -5.20. The first-order valence-corrected chi connectivity index (χ1v) is 12.0. The third kappa shape index (κ3) is 6.39. The highest BCUT2D eigenvalue weighted by Gasteiger charge is 2.25. The largest absolute Gasteiger partial charge is 0.493 e. The average Bonchev–Trinajstić information content (AvgIpc) is 3.50. The number of amidine groups is 1. The van der Waals surface area contributed by atoms with Gasteiger partial charge in [-0.1, -0.05) is 0 Å². The molecule has 0 fully saturated rings. The summed E-state index contributed by atoms with van der Waals surface area (Å²) in [6.07, 6.45) is 2.47. The number of rotatable bonds is 7. The number of nitrogens with one attached hydrogen (secondary N) is 4. The van der Waals surface area contributed by atoms with E-state index in [1.165, 1.54) is 4.68 Å². The number of fused-ring (bicyclic) bond motifs is 1. The second-order valence-electron chi connectivity index (χ2n) is 8.47. The van der Waals surface area contributed by atoms with Gasteiger partial charge in [-0.15, -0.1) is 5.10 Å². The standard InChI is InChI=1S/C24H25N7O4.C2H4O2/c1-33-17-12-15(13-18-21(17)35-11-3-10-34-18)20(28-16-7-5-14(6-8-16)22(25)26)23-29-24(32)31(30-23)19-4-2-9-27-19;1-2(3)4/h2,4-9,12-13,20,27-28H,3,10-11H2,1H3,(H3,25,26)(H,29,30,32);1H3,(H,3,4). The summed E-state index contributed by atoms with van der Waals surface area (Å²) in [5.74, 6) is 1.69. The third-order valence-electron chi connectivity index (χ3n) is 5.61. The van der Waals surface area contributed by atoms with Crippen molar-refractivity contribution in [1.82, 2.24) is 19.7 Å². The van der Waals surface area contributed by atoms with E-state index >= 15 is 0 Å². The Morgan fingerprint density at radius 1 is 1.23 bits per heavy atom. The molecule has 1 unspecified atom stereocenters. The lowest BCUT2D eigenvalue weighted by Crippen LogP contribution is -2.16. The first-order chi connectivity index (χ1) is 18.8. The minimum absolute atomic E-state index is 0.0187. The number of benzene rings is 2. The number of methoxy groups -OCH3 is 1. The Bertz CT molecular complexity index is 1490. The number of nitrogen functional groups attached to an aromatic ring is 1. The second-order valence-corrected chi connectivity index (χ2v) is 8.47. The van der Waals surface area contributed by atoms with Crippen molar-refractivity contribution in [2.45, 2.75) is 19.4 Å². The molecule has 1 aliphatic rings. The van der Waals surface area contributed by atoms with Crippen LogP contribution < -0.4 is 31.0 Å². The van der Waals surface area contributed by atoms with Crippen LogP contribution >= 0.6 is 0 Å². The molecule has 5 rings (SSSR count). The summed E-state index contributed by atoms with van der Waals surface area (Å²) in [4.78, 5) is 27.6. The van der Waals surface area contributed by atoms with Crippen molar-refractivity contribution in [2.75, 3.05) is 25.6 Å². The fourth-order valence-electron chi connectivity index (χ4n) is 3.89. The summed E-state index contributed by atoms with van der Waals surface area (Å²) in [6.45, 7) is 2.13. The van der Waals surface area contributed by atoms with Gasteiger partial charge in [-0.25, -0.2) is 4.79 Å². The summed E-state index contributed by atoms with van der Waals surface area (Å²) >= 11 is 0. The van der Waals surface area contributed by atoms with E-state index in [1.807, 2.05) is 24.3 Å². The molecule has 0 amide bonds. The fraction of sp³-hybridized carbons (Fsp3) is 0.231. The van der Waals surface area contributed by atoms with Gasteiger partial charge in [0.25, 0.3) is 5.97 Å².